The van der Waals surface area contributed by atoms with Gasteiger partial charge in [0.05, 0.1) is 0 Å². The Bertz CT molecular complexity index is 52.0. The van der Waals surface area contributed by atoms with Gasteiger partial charge in [0.25, 0.3) is 0 Å². The summed E-state index contributed by atoms with van der Waals surface area (Å²) in [7, 11) is 0. The Morgan fingerprint density at radius 3 is 2.43 bits per heavy atom. The summed E-state index contributed by atoms with van der Waals surface area (Å²) < 4.78 is 11.4. The Morgan fingerprint density at radius 2 is 2.29 bits per heavy atom. The van der Waals surface area contributed by atoms with Gasteiger partial charge in [-0.1, -0.05) is 0 Å². The lowest BCUT2D eigenvalue weighted by atomic mass is 10.2. The molecule has 0 aliphatic carbocycles. The maximum Gasteiger partial charge on any atom is 0.102 e. The van der Waals surface area contributed by atoms with E-state index in [0.29, 0.717) is 6.54 Å². The SMILES string of the molecule is FCCN1C[CH]C1. The molecule has 0 aromatic carbocycles. The van der Waals surface area contributed by atoms with Crippen LogP contribution in [0.15, 0.2) is 0 Å². The Balaban J connectivity index is 1.93. The van der Waals surface area contributed by atoms with Crippen LogP contribution in [0.25, 0.3) is 0 Å². The molecule has 1 radical (unpaired) electrons. The molecule has 2 heteroatoms. The molecule has 0 atom stereocenters. The van der Waals surface area contributed by atoms with Gasteiger partial charge < -0.3 is 4.90 Å². The van der Waals surface area contributed by atoms with Gasteiger partial charge in [-0.25, -0.2) is 4.39 Å². The quantitative estimate of drug-likeness (QED) is 0.490. The average molecular weight is 102 g/mol. The van der Waals surface area contributed by atoms with Crippen molar-refractivity contribution in [3.05, 3.63) is 6.42 Å². The van der Waals surface area contributed by atoms with Crippen molar-refractivity contribution in [1.82, 2.24) is 4.90 Å². The minimum absolute atomic E-state index is 0.201. The minimum atomic E-state index is -0.201. The van der Waals surface area contributed by atoms with E-state index in [2.05, 4.69) is 11.3 Å². The Morgan fingerprint density at radius 1 is 1.57 bits per heavy atom. The van der Waals surface area contributed by atoms with Crippen molar-refractivity contribution in [2.75, 3.05) is 26.3 Å². The molecule has 1 saturated heterocycles. The van der Waals surface area contributed by atoms with E-state index in [9.17, 15) is 4.39 Å². The van der Waals surface area contributed by atoms with Crippen molar-refractivity contribution in [3.8, 4) is 0 Å². The van der Waals surface area contributed by atoms with Gasteiger partial charge >= 0.3 is 0 Å². The molecular weight excluding hydrogens is 93.1 g/mol. The topological polar surface area (TPSA) is 3.24 Å². The monoisotopic (exact) mass is 102 g/mol. The van der Waals surface area contributed by atoms with Crippen LogP contribution < -0.4 is 0 Å². The molecule has 1 heterocycles. The van der Waals surface area contributed by atoms with Crippen LogP contribution in [0.1, 0.15) is 0 Å². The third-order valence-corrected chi connectivity index (χ3v) is 1.18. The van der Waals surface area contributed by atoms with E-state index < -0.39 is 0 Å². The van der Waals surface area contributed by atoms with Gasteiger partial charge in [-0.2, -0.15) is 0 Å². The van der Waals surface area contributed by atoms with Crippen molar-refractivity contribution in [3.63, 3.8) is 0 Å². The Kier molecular flexibility index (Phi) is 1.63. The number of hydrogen-bond acceptors (Lipinski definition) is 1. The second-order valence-corrected chi connectivity index (χ2v) is 1.74. The molecule has 0 N–H and O–H groups in total. The molecule has 0 spiro atoms. The molecule has 7 heavy (non-hydrogen) atoms. The van der Waals surface area contributed by atoms with Crippen molar-refractivity contribution in [2.45, 2.75) is 0 Å². The van der Waals surface area contributed by atoms with Gasteiger partial charge in [-0.15, -0.1) is 0 Å². The van der Waals surface area contributed by atoms with Crippen molar-refractivity contribution >= 4 is 0 Å². The molecule has 1 rings (SSSR count). The van der Waals surface area contributed by atoms with Crippen LogP contribution in [0.5, 0.6) is 0 Å². The molecule has 0 aromatic rings. The lowest BCUT2D eigenvalue weighted by Crippen LogP contribution is -2.39. The van der Waals surface area contributed by atoms with Crippen LogP contribution in [0.2, 0.25) is 0 Å². The molecule has 0 bridgehead atoms. The Labute approximate surface area is 43.1 Å². The standard InChI is InChI=1S/C5H9FN/c6-2-5-7-3-1-4-7/h1H,2-5H2. The lowest BCUT2D eigenvalue weighted by Gasteiger charge is -2.28. The van der Waals surface area contributed by atoms with E-state index in [0.717, 1.165) is 13.1 Å². The van der Waals surface area contributed by atoms with E-state index in [1.807, 2.05) is 0 Å². The zero-order chi connectivity index (χ0) is 5.11. The number of alkyl halides is 1. The third kappa shape index (κ3) is 1.13. The normalized spacial score (nSPS) is 21.9. The highest BCUT2D eigenvalue weighted by Gasteiger charge is 2.11. The number of likely N-dealkylation sites (tertiary alicyclic amines) is 1. The lowest BCUT2D eigenvalue weighted by molar-refractivity contribution is 0.222. The summed E-state index contributed by atoms with van der Waals surface area (Å²) >= 11 is 0. The molecule has 0 amide bonds. The predicted molar refractivity (Wildman–Crippen MR) is 26.7 cm³/mol. The molecule has 41 valence electrons. The van der Waals surface area contributed by atoms with Crippen LogP contribution in [0, 0.1) is 6.42 Å². The molecule has 1 aliphatic heterocycles. The van der Waals surface area contributed by atoms with Crippen molar-refractivity contribution in [1.29, 1.82) is 0 Å². The van der Waals surface area contributed by atoms with Crippen LogP contribution >= 0.6 is 0 Å². The second kappa shape index (κ2) is 2.26. The zero-order valence-corrected chi connectivity index (χ0v) is 4.23. The van der Waals surface area contributed by atoms with E-state index in [1.54, 1.807) is 0 Å². The fourth-order valence-corrected chi connectivity index (χ4v) is 0.614. The molecular formula is C5H9FN. The highest BCUT2D eigenvalue weighted by molar-refractivity contribution is 4.85. The molecule has 1 fully saturated rings. The fraction of sp³-hybridized carbons (Fsp3) is 0.800. The van der Waals surface area contributed by atoms with E-state index in [1.165, 1.54) is 0 Å². The third-order valence-electron chi connectivity index (χ3n) is 1.18. The summed E-state index contributed by atoms with van der Waals surface area (Å²) in [4.78, 5) is 2.06. The largest absolute Gasteiger partial charge is 0.300 e. The number of rotatable bonds is 2. The van der Waals surface area contributed by atoms with Crippen LogP contribution in [-0.2, 0) is 0 Å². The maximum absolute atomic E-state index is 11.4. The molecule has 1 nitrogen and oxygen atoms in total. The smallest absolute Gasteiger partial charge is 0.102 e. The Hall–Kier alpha value is -0.110. The maximum atomic E-state index is 11.4. The second-order valence-electron chi connectivity index (χ2n) is 1.74. The van der Waals surface area contributed by atoms with Gasteiger partial charge in [0, 0.05) is 19.6 Å². The molecule has 0 unspecified atom stereocenters. The van der Waals surface area contributed by atoms with Gasteiger partial charge in [0.1, 0.15) is 6.67 Å². The highest BCUT2D eigenvalue weighted by Crippen LogP contribution is 2.01. The molecule has 1 aliphatic rings. The van der Waals surface area contributed by atoms with Gasteiger partial charge in [-0.05, 0) is 6.42 Å². The van der Waals surface area contributed by atoms with Crippen LogP contribution in [0.4, 0.5) is 4.39 Å². The first-order valence-electron chi connectivity index (χ1n) is 2.53. The van der Waals surface area contributed by atoms with E-state index in [-0.39, 0.29) is 6.67 Å². The average Bonchev–Trinajstić information content (AvgIpc) is 1.55. The van der Waals surface area contributed by atoms with E-state index in [4.69, 9.17) is 0 Å². The van der Waals surface area contributed by atoms with Gasteiger partial charge in [-0.3, -0.25) is 0 Å². The van der Waals surface area contributed by atoms with Crippen LogP contribution in [-0.4, -0.2) is 31.2 Å². The highest BCUT2D eigenvalue weighted by atomic mass is 19.1. The molecule has 0 saturated carbocycles. The first kappa shape index (κ1) is 5.04. The fourth-order valence-electron chi connectivity index (χ4n) is 0.614. The summed E-state index contributed by atoms with van der Waals surface area (Å²) in [6, 6.07) is 0. The number of halogens is 1. The van der Waals surface area contributed by atoms with Crippen molar-refractivity contribution < 1.29 is 4.39 Å². The van der Waals surface area contributed by atoms with Crippen molar-refractivity contribution in [2.24, 2.45) is 0 Å². The van der Waals surface area contributed by atoms with Crippen LogP contribution in [0.3, 0.4) is 0 Å². The summed E-state index contributed by atoms with van der Waals surface area (Å²) in [5, 5.41) is 0. The van der Waals surface area contributed by atoms with Gasteiger partial charge in [0.2, 0.25) is 0 Å². The summed E-state index contributed by atoms with van der Waals surface area (Å²) in [6.45, 7) is 2.40. The van der Waals surface area contributed by atoms with Gasteiger partial charge in [0.15, 0.2) is 0 Å². The van der Waals surface area contributed by atoms with E-state index >= 15 is 0 Å². The minimum Gasteiger partial charge on any atom is -0.300 e. The first-order chi connectivity index (χ1) is 3.43. The predicted octanol–water partition coefficient (Wildman–Crippen LogP) is 0.476. The first-order valence-corrected chi connectivity index (χ1v) is 2.53. The number of hydrogen-bond donors (Lipinski definition) is 0. The number of nitrogens with zero attached hydrogens (tertiary/aromatic N) is 1. The summed E-state index contributed by atoms with van der Waals surface area (Å²) in [5.41, 5.74) is 0. The molecule has 0 aromatic heterocycles. The summed E-state index contributed by atoms with van der Waals surface area (Å²) in [6.07, 6.45) is 2.13. The summed E-state index contributed by atoms with van der Waals surface area (Å²) in [5.74, 6) is 0. The zero-order valence-electron chi connectivity index (χ0n) is 4.23.